The van der Waals surface area contributed by atoms with Gasteiger partial charge in [-0.3, -0.25) is 3.59 Å². The van der Waals surface area contributed by atoms with Crippen LogP contribution in [0.4, 0.5) is 0 Å². The molecule has 1 aromatic carbocycles. The Bertz CT molecular complexity index is 394. The Labute approximate surface area is 80.7 Å². The molecule has 0 radical (unpaired) electrons. The Kier molecular flexibility index (Phi) is 1.73. The lowest BCUT2D eigenvalue weighted by Crippen LogP contribution is -1.73. The summed E-state index contributed by atoms with van der Waals surface area (Å²) in [5, 5.41) is 0. The zero-order valence-corrected chi connectivity index (χ0v) is 8.63. The van der Waals surface area contributed by atoms with Crippen LogP contribution in [0.15, 0.2) is 29.0 Å². The van der Waals surface area contributed by atoms with Gasteiger partial charge in [0.1, 0.15) is 6.33 Å². The summed E-state index contributed by atoms with van der Waals surface area (Å²) < 4.78 is 2.87. The smallest absolute Gasteiger partial charge is 0.106 e. The molecule has 0 aliphatic rings. The highest BCUT2D eigenvalue weighted by molar-refractivity contribution is 9.10. The maximum atomic E-state index is 4.17. The Morgan fingerprint density at radius 3 is 3.00 bits per heavy atom. The first-order chi connectivity index (χ1) is 5.27. The molecule has 0 aliphatic heterocycles. The van der Waals surface area contributed by atoms with E-state index in [4.69, 9.17) is 0 Å². The molecule has 0 atom stereocenters. The fourth-order valence-electron chi connectivity index (χ4n) is 0.956. The highest BCUT2D eigenvalue weighted by Crippen LogP contribution is 2.19. The molecule has 1 heterocycles. The summed E-state index contributed by atoms with van der Waals surface area (Å²) in [6.45, 7) is 0. The molecule has 0 saturated carbocycles. The number of hydrogen-bond acceptors (Lipinski definition) is 1. The average molecular weight is 276 g/mol. The Morgan fingerprint density at radius 2 is 2.18 bits per heavy atom. The second-order valence-electron chi connectivity index (χ2n) is 2.19. The quantitative estimate of drug-likeness (QED) is 0.723. The van der Waals surface area contributed by atoms with Gasteiger partial charge in [-0.15, -0.1) is 0 Å². The fourth-order valence-corrected chi connectivity index (χ4v) is 1.70. The summed E-state index contributed by atoms with van der Waals surface area (Å²) in [4.78, 5) is 4.17. The Morgan fingerprint density at radius 1 is 1.36 bits per heavy atom. The summed E-state index contributed by atoms with van der Waals surface area (Å²) in [6, 6.07) is 5.97. The number of fused-ring (bicyclic) bond motifs is 1. The van der Waals surface area contributed by atoms with Crippen molar-refractivity contribution in [3.8, 4) is 0 Å². The minimum atomic E-state index is 0.983. The van der Waals surface area contributed by atoms with Crippen LogP contribution < -0.4 is 0 Å². The van der Waals surface area contributed by atoms with E-state index in [9.17, 15) is 0 Å². The van der Waals surface area contributed by atoms with Crippen LogP contribution >= 0.6 is 32.1 Å². The number of imidazole rings is 1. The van der Waals surface area contributed by atoms with Crippen molar-refractivity contribution in [1.29, 1.82) is 0 Å². The highest BCUT2D eigenvalue weighted by Gasteiger charge is 1.98. The molecule has 0 aliphatic carbocycles. The van der Waals surface area contributed by atoms with E-state index in [2.05, 4.69) is 37.1 Å². The number of benzene rings is 1. The summed E-state index contributed by atoms with van der Waals surface area (Å²) in [5.41, 5.74) is 2.06. The van der Waals surface area contributed by atoms with E-state index >= 15 is 0 Å². The van der Waals surface area contributed by atoms with Gasteiger partial charge >= 0.3 is 0 Å². The van der Waals surface area contributed by atoms with Crippen LogP contribution in [-0.4, -0.2) is 8.58 Å². The third-order valence-corrected chi connectivity index (χ3v) is 2.52. The average Bonchev–Trinajstić information content (AvgIpc) is 2.32. The maximum Gasteiger partial charge on any atom is 0.106 e. The van der Waals surface area contributed by atoms with Crippen LogP contribution in [0, 0.1) is 0 Å². The van der Waals surface area contributed by atoms with Crippen LogP contribution in [-0.2, 0) is 0 Å². The Hall–Kier alpha value is -0.350. The minimum absolute atomic E-state index is 0.983. The molecule has 0 saturated heterocycles. The molecule has 0 amide bonds. The zero-order chi connectivity index (χ0) is 7.84. The number of nitrogens with zero attached hydrogens (tertiary/aromatic N) is 2. The topological polar surface area (TPSA) is 17.8 Å². The van der Waals surface area contributed by atoms with Gasteiger partial charge in [0.15, 0.2) is 0 Å². The lowest BCUT2D eigenvalue weighted by Gasteiger charge is -1.91. The molecule has 0 fully saturated rings. The second kappa shape index (κ2) is 2.60. The van der Waals surface area contributed by atoms with E-state index in [1.54, 1.807) is 6.33 Å². The van der Waals surface area contributed by atoms with Crippen molar-refractivity contribution < 1.29 is 0 Å². The molecule has 4 heteroatoms. The van der Waals surface area contributed by atoms with Crippen LogP contribution in [0.5, 0.6) is 0 Å². The Balaban J connectivity index is 2.86. The number of hydrogen-bond donors (Lipinski definition) is 0. The van der Waals surface area contributed by atoms with Gasteiger partial charge in [0.05, 0.1) is 27.2 Å². The highest BCUT2D eigenvalue weighted by atomic mass is 79.9. The van der Waals surface area contributed by atoms with E-state index in [-0.39, 0.29) is 0 Å². The van der Waals surface area contributed by atoms with E-state index < -0.39 is 0 Å². The van der Waals surface area contributed by atoms with Crippen molar-refractivity contribution in [3.05, 3.63) is 29.0 Å². The van der Waals surface area contributed by atoms with Crippen molar-refractivity contribution in [2.75, 3.05) is 0 Å². The molecule has 2 rings (SSSR count). The number of halogens is 2. The standard InChI is InChI=1S/C7H4Br2N2/c8-5-1-2-7-6(3-5)10-4-11(7)9/h1-4H. The molecule has 0 spiro atoms. The molecular weight excluding hydrogens is 272 g/mol. The third kappa shape index (κ3) is 1.20. The summed E-state index contributed by atoms with van der Waals surface area (Å²) in [6.07, 6.45) is 1.73. The normalized spacial score (nSPS) is 10.7. The first-order valence-electron chi connectivity index (χ1n) is 3.06. The van der Waals surface area contributed by atoms with E-state index in [0.717, 1.165) is 15.5 Å². The van der Waals surface area contributed by atoms with Gasteiger partial charge in [0, 0.05) is 4.47 Å². The van der Waals surface area contributed by atoms with Gasteiger partial charge in [-0.05, 0) is 18.2 Å². The molecule has 2 nitrogen and oxygen atoms in total. The first kappa shape index (κ1) is 7.31. The minimum Gasteiger partial charge on any atom is -0.265 e. The molecule has 56 valence electrons. The van der Waals surface area contributed by atoms with Crippen molar-refractivity contribution in [2.24, 2.45) is 0 Å². The third-order valence-electron chi connectivity index (χ3n) is 1.47. The van der Waals surface area contributed by atoms with E-state index in [1.807, 2.05) is 21.8 Å². The fraction of sp³-hybridized carbons (Fsp3) is 0. The van der Waals surface area contributed by atoms with Crippen molar-refractivity contribution >= 4 is 43.1 Å². The number of rotatable bonds is 0. The zero-order valence-electron chi connectivity index (χ0n) is 5.46. The summed E-state index contributed by atoms with van der Waals surface area (Å²) >= 11 is 6.71. The van der Waals surface area contributed by atoms with Gasteiger partial charge in [-0.2, -0.15) is 0 Å². The van der Waals surface area contributed by atoms with Gasteiger partial charge in [0.25, 0.3) is 0 Å². The van der Waals surface area contributed by atoms with Gasteiger partial charge in [-0.25, -0.2) is 4.98 Å². The molecule has 2 aromatic rings. The molecule has 0 N–H and O–H groups in total. The van der Waals surface area contributed by atoms with Gasteiger partial charge in [0.2, 0.25) is 0 Å². The molecule has 0 unspecified atom stereocenters. The number of aromatic nitrogens is 2. The molecule has 1 aromatic heterocycles. The lowest BCUT2D eigenvalue weighted by molar-refractivity contribution is 1.29. The molecule has 11 heavy (non-hydrogen) atoms. The molecular formula is C7H4Br2N2. The van der Waals surface area contributed by atoms with Crippen LogP contribution in [0.25, 0.3) is 11.0 Å². The lowest BCUT2D eigenvalue weighted by atomic mass is 10.3. The van der Waals surface area contributed by atoms with E-state index in [1.165, 1.54) is 0 Å². The van der Waals surface area contributed by atoms with Crippen molar-refractivity contribution in [1.82, 2.24) is 8.58 Å². The summed E-state index contributed by atoms with van der Waals surface area (Å²) in [7, 11) is 0. The van der Waals surface area contributed by atoms with Gasteiger partial charge in [-0.1, -0.05) is 15.9 Å². The SMILES string of the molecule is Brc1ccc2c(c1)ncn2Br. The largest absolute Gasteiger partial charge is 0.265 e. The van der Waals surface area contributed by atoms with Crippen LogP contribution in [0.1, 0.15) is 0 Å². The second-order valence-corrected chi connectivity index (χ2v) is 3.87. The first-order valence-corrected chi connectivity index (χ1v) is 4.56. The predicted molar refractivity (Wildman–Crippen MR) is 51.8 cm³/mol. The van der Waals surface area contributed by atoms with Crippen LogP contribution in [0.2, 0.25) is 0 Å². The monoisotopic (exact) mass is 274 g/mol. The predicted octanol–water partition coefficient (Wildman–Crippen LogP) is 2.96. The maximum absolute atomic E-state index is 4.17. The molecule has 0 bridgehead atoms. The summed E-state index contributed by atoms with van der Waals surface area (Å²) in [5.74, 6) is 0. The van der Waals surface area contributed by atoms with Crippen molar-refractivity contribution in [2.45, 2.75) is 0 Å². The van der Waals surface area contributed by atoms with Gasteiger partial charge < -0.3 is 0 Å². The van der Waals surface area contributed by atoms with E-state index in [0.29, 0.717) is 0 Å². The van der Waals surface area contributed by atoms with Crippen molar-refractivity contribution in [3.63, 3.8) is 0 Å². The van der Waals surface area contributed by atoms with Crippen LogP contribution in [0.3, 0.4) is 0 Å².